The summed E-state index contributed by atoms with van der Waals surface area (Å²) in [7, 11) is 1.95. The van der Waals surface area contributed by atoms with Gasteiger partial charge in [-0.05, 0) is 20.0 Å². The molecular weight excluding hydrogens is 138 g/mol. The molecule has 0 fully saturated rings. The van der Waals surface area contributed by atoms with Crippen molar-refractivity contribution in [2.75, 3.05) is 13.6 Å². The van der Waals surface area contributed by atoms with Gasteiger partial charge in [-0.15, -0.1) is 0 Å². The monoisotopic (exact) mass is 151 g/mol. The highest BCUT2D eigenvalue weighted by atomic mass is 15.1. The largest absolute Gasteiger partial charge is 0.319 e. The summed E-state index contributed by atoms with van der Waals surface area (Å²) in [6.07, 6.45) is 8.91. The predicted molar refractivity (Wildman–Crippen MR) is 46.2 cm³/mol. The molecular formula is C8H13N3. The number of aromatic amines is 1. The molecule has 0 amide bonds. The summed E-state index contributed by atoms with van der Waals surface area (Å²) in [5, 5.41) is 9.66. The summed E-state index contributed by atoms with van der Waals surface area (Å²) in [5.41, 5.74) is 1.13. The molecule has 1 heterocycles. The molecule has 1 rings (SSSR count). The number of hydrogen-bond donors (Lipinski definition) is 2. The van der Waals surface area contributed by atoms with Gasteiger partial charge in [0.1, 0.15) is 0 Å². The fraction of sp³-hybridized carbons (Fsp3) is 0.375. The highest BCUT2D eigenvalue weighted by Crippen LogP contribution is 1.97. The van der Waals surface area contributed by atoms with Crippen LogP contribution in [0.3, 0.4) is 0 Å². The molecule has 3 nitrogen and oxygen atoms in total. The van der Waals surface area contributed by atoms with Gasteiger partial charge in [-0.2, -0.15) is 5.10 Å². The Morgan fingerprint density at radius 2 is 2.64 bits per heavy atom. The molecule has 1 aromatic heterocycles. The Morgan fingerprint density at radius 1 is 1.73 bits per heavy atom. The zero-order valence-electron chi connectivity index (χ0n) is 6.67. The first-order valence-electron chi connectivity index (χ1n) is 3.73. The van der Waals surface area contributed by atoms with E-state index in [1.54, 1.807) is 6.20 Å². The Balaban J connectivity index is 2.25. The minimum atomic E-state index is 1.02. The van der Waals surface area contributed by atoms with E-state index in [-0.39, 0.29) is 0 Å². The first-order valence-corrected chi connectivity index (χ1v) is 3.73. The zero-order chi connectivity index (χ0) is 7.94. The number of rotatable bonds is 4. The lowest BCUT2D eigenvalue weighted by Crippen LogP contribution is -2.05. The molecule has 1 aromatic rings. The lowest BCUT2D eigenvalue weighted by atomic mass is 10.3. The van der Waals surface area contributed by atoms with Gasteiger partial charge in [0.2, 0.25) is 0 Å². The van der Waals surface area contributed by atoms with Gasteiger partial charge < -0.3 is 5.32 Å². The maximum absolute atomic E-state index is 3.83. The summed E-state index contributed by atoms with van der Waals surface area (Å²) in [6.45, 7) is 1.02. The Labute approximate surface area is 66.5 Å². The lowest BCUT2D eigenvalue weighted by molar-refractivity contribution is 0.809. The third-order valence-corrected chi connectivity index (χ3v) is 1.39. The fourth-order valence-corrected chi connectivity index (χ4v) is 0.799. The van der Waals surface area contributed by atoms with Crippen LogP contribution < -0.4 is 5.32 Å². The third-order valence-electron chi connectivity index (χ3n) is 1.39. The van der Waals surface area contributed by atoms with E-state index in [2.05, 4.69) is 27.7 Å². The summed E-state index contributed by atoms with van der Waals surface area (Å²) in [6, 6.07) is 0. The molecule has 0 aliphatic carbocycles. The Bertz CT molecular complexity index is 201. The number of aromatic nitrogens is 2. The molecule has 0 unspecified atom stereocenters. The van der Waals surface area contributed by atoms with E-state index in [1.807, 2.05) is 13.2 Å². The van der Waals surface area contributed by atoms with Crippen molar-refractivity contribution >= 4 is 6.08 Å². The first kappa shape index (κ1) is 8.01. The summed E-state index contributed by atoms with van der Waals surface area (Å²) >= 11 is 0. The summed E-state index contributed by atoms with van der Waals surface area (Å²) in [4.78, 5) is 0. The van der Waals surface area contributed by atoms with Crippen molar-refractivity contribution in [2.24, 2.45) is 0 Å². The Hall–Kier alpha value is -1.09. The highest BCUT2D eigenvalue weighted by Gasteiger charge is 1.83. The van der Waals surface area contributed by atoms with Crippen LogP contribution in [0.4, 0.5) is 0 Å². The SMILES string of the molecule is CNCCC=Cc1cn[nH]c1. The van der Waals surface area contributed by atoms with E-state index in [1.165, 1.54) is 0 Å². The average molecular weight is 151 g/mol. The number of nitrogens with one attached hydrogen (secondary N) is 2. The van der Waals surface area contributed by atoms with Crippen molar-refractivity contribution in [3.8, 4) is 0 Å². The minimum absolute atomic E-state index is 1.02. The van der Waals surface area contributed by atoms with Gasteiger partial charge in [0.15, 0.2) is 0 Å². The second kappa shape index (κ2) is 4.68. The van der Waals surface area contributed by atoms with E-state index in [0.29, 0.717) is 0 Å². The van der Waals surface area contributed by atoms with E-state index in [4.69, 9.17) is 0 Å². The van der Waals surface area contributed by atoms with Crippen LogP contribution in [0.1, 0.15) is 12.0 Å². The first-order chi connectivity index (χ1) is 5.43. The van der Waals surface area contributed by atoms with Crippen molar-refractivity contribution in [1.82, 2.24) is 15.5 Å². The number of hydrogen-bond acceptors (Lipinski definition) is 2. The fourth-order valence-electron chi connectivity index (χ4n) is 0.799. The molecule has 11 heavy (non-hydrogen) atoms. The molecule has 60 valence electrons. The predicted octanol–water partition coefficient (Wildman–Crippen LogP) is 1.03. The zero-order valence-corrected chi connectivity index (χ0v) is 6.67. The van der Waals surface area contributed by atoms with Crippen molar-refractivity contribution in [1.29, 1.82) is 0 Å². The maximum Gasteiger partial charge on any atom is 0.0559 e. The molecule has 0 aliphatic heterocycles. The van der Waals surface area contributed by atoms with Crippen LogP contribution in [0, 0.1) is 0 Å². The van der Waals surface area contributed by atoms with Crippen LogP contribution in [0.25, 0.3) is 6.08 Å². The van der Waals surface area contributed by atoms with Gasteiger partial charge in [0, 0.05) is 11.8 Å². The molecule has 2 N–H and O–H groups in total. The molecule has 0 atom stereocenters. The second-order valence-electron chi connectivity index (χ2n) is 2.33. The van der Waals surface area contributed by atoms with Crippen LogP contribution in [0.2, 0.25) is 0 Å². The standard InChI is InChI=1S/C8H13N3/c1-9-5-3-2-4-8-6-10-11-7-8/h2,4,6-7,9H,3,5H2,1H3,(H,10,11). The third kappa shape index (κ3) is 3.00. The van der Waals surface area contributed by atoms with Gasteiger partial charge in [-0.25, -0.2) is 0 Å². The average Bonchev–Trinajstić information content (AvgIpc) is 2.50. The smallest absolute Gasteiger partial charge is 0.0559 e. The quantitative estimate of drug-likeness (QED) is 0.631. The molecule has 0 bridgehead atoms. The Kier molecular flexibility index (Phi) is 3.41. The molecule has 0 saturated carbocycles. The minimum Gasteiger partial charge on any atom is -0.319 e. The molecule has 3 heteroatoms. The van der Waals surface area contributed by atoms with Crippen molar-refractivity contribution in [2.45, 2.75) is 6.42 Å². The van der Waals surface area contributed by atoms with Gasteiger partial charge in [-0.3, -0.25) is 5.10 Å². The molecule has 0 spiro atoms. The number of H-pyrrole nitrogens is 1. The topological polar surface area (TPSA) is 40.7 Å². The van der Waals surface area contributed by atoms with Crippen LogP contribution in [0.5, 0.6) is 0 Å². The molecule has 0 saturated heterocycles. The molecule has 0 aromatic carbocycles. The highest BCUT2D eigenvalue weighted by molar-refractivity contribution is 5.46. The van der Waals surface area contributed by atoms with E-state index >= 15 is 0 Å². The lowest BCUT2D eigenvalue weighted by Gasteiger charge is -1.89. The molecule has 0 aliphatic rings. The summed E-state index contributed by atoms with van der Waals surface area (Å²) < 4.78 is 0. The van der Waals surface area contributed by atoms with Crippen LogP contribution in [-0.4, -0.2) is 23.8 Å². The van der Waals surface area contributed by atoms with Crippen molar-refractivity contribution in [3.05, 3.63) is 24.0 Å². The van der Waals surface area contributed by atoms with Crippen molar-refractivity contribution in [3.63, 3.8) is 0 Å². The van der Waals surface area contributed by atoms with Crippen molar-refractivity contribution < 1.29 is 0 Å². The van der Waals surface area contributed by atoms with E-state index < -0.39 is 0 Å². The van der Waals surface area contributed by atoms with Crippen LogP contribution in [-0.2, 0) is 0 Å². The van der Waals surface area contributed by atoms with Gasteiger partial charge in [-0.1, -0.05) is 12.2 Å². The summed E-state index contributed by atoms with van der Waals surface area (Å²) in [5.74, 6) is 0. The van der Waals surface area contributed by atoms with E-state index in [9.17, 15) is 0 Å². The van der Waals surface area contributed by atoms with Gasteiger partial charge in [0.25, 0.3) is 0 Å². The second-order valence-corrected chi connectivity index (χ2v) is 2.33. The Morgan fingerprint density at radius 3 is 3.27 bits per heavy atom. The van der Waals surface area contributed by atoms with E-state index in [0.717, 1.165) is 18.5 Å². The normalized spacial score (nSPS) is 11.0. The van der Waals surface area contributed by atoms with Gasteiger partial charge >= 0.3 is 0 Å². The maximum atomic E-state index is 3.83. The number of nitrogens with zero attached hydrogens (tertiary/aromatic N) is 1. The molecule has 0 radical (unpaired) electrons. The van der Waals surface area contributed by atoms with Crippen LogP contribution >= 0.6 is 0 Å². The van der Waals surface area contributed by atoms with Crippen LogP contribution in [0.15, 0.2) is 18.5 Å². The van der Waals surface area contributed by atoms with Gasteiger partial charge in [0.05, 0.1) is 6.20 Å².